The van der Waals surface area contributed by atoms with Crippen molar-refractivity contribution in [1.29, 1.82) is 0 Å². The summed E-state index contributed by atoms with van der Waals surface area (Å²) in [7, 11) is 0. The molecule has 0 fully saturated rings. The molecule has 0 radical (unpaired) electrons. The Morgan fingerprint density at radius 1 is 1.10 bits per heavy atom. The highest BCUT2D eigenvalue weighted by Crippen LogP contribution is 2.37. The van der Waals surface area contributed by atoms with Gasteiger partial charge in [-0.3, -0.25) is 0 Å². The number of fused-ring (bicyclic) bond motifs is 2. The van der Waals surface area contributed by atoms with Gasteiger partial charge in [-0.25, -0.2) is 9.78 Å². The summed E-state index contributed by atoms with van der Waals surface area (Å²) < 4.78 is 5.12. The molecule has 0 bridgehead atoms. The molecular weight excluding hydrogens is 266 g/mol. The number of pyridine rings is 1. The van der Waals surface area contributed by atoms with Gasteiger partial charge in [0.05, 0.1) is 5.52 Å². The monoisotopic (exact) mass is 277 g/mol. The van der Waals surface area contributed by atoms with Gasteiger partial charge in [-0.15, -0.1) is 0 Å². The van der Waals surface area contributed by atoms with E-state index in [0.29, 0.717) is 11.2 Å². The number of benzene rings is 2. The van der Waals surface area contributed by atoms with Gasteiger partial charge in [0.2, 0.25) is 0 Å². The topological polar surface area (TPSA) is 59.4 Å². The van der Waals surface area contributed by atoms with Crippen molar-refractivity contribution in [2.24, 2.45) is 0 Å². The lowest BCUT2D eigenvalue weighted by Crippen LogP contribution is -1.99. The van der Waals surface area contributed by atoms with Gasteiger partial charge in [0.25, 0.3) is 0 Å². The van der Waals surface area contributed by atoms with Crippen molar-refractivity contribution < 1.29 is 14.6 Å². The van der Waals surface area contributed by atoms with E-state index in [2.05, 4.69) is 4.98 Å². The number of aromatic hydroxyl groups is 1. The Morgan fingerprint density at radius 3 is 2.71 bits per heavy atom. The standard InChI is InChI=1S/C17H11NO3/c19-11-6-7-14-12(8-11)15(10-4-2-1-3-5-10)13-9-21-17(20)16(13)18-14/h1-8,19H,9H2. The largest absolute Gasteiger partial charge is 0.508 e. The van der Waals surface area contributed by atoms with E-state index in [4.69, 9.17) is 4.74 Å². The molecule has 2 heterocycles. The van der Waals surface area contributed by atoms with Crippen LogP contribution in [-0.2, 0) is 11.3 Å². The van der Waals surface area contributed by atoms with Crippen LogP contribution in [0.1, 0.15) is 16.1 Å². The number of esters is 1. The van der Waals surface area contributed by atoms with Crippen molar-refractivity contribution in [3.63, 3.8) is 0 Å². The number of ether oxygens (including phenoxy) is 1. The zero-order valence-corrected chi connectivity index (χ0v) is 11.0. The lowest BCUT2D eigenvalue weighted by molar-refractivity contribution is 0.0531. The summed E-state index contributed by atoms with van der Waals surface area (Å²) in [5.41, 5.74) is 3.70. The Labute approximate surface area is 120 Å². The van der Waals surface area contributed by atoms with E-state index in [-0.39, 0.29) is 12.4 Å². The Hall–Kier alpha value is -2.88. The van der Waals surface area contributed by atoms with Crippen molar-refractivity contribution in [2.45, 2.75) is 6.61 Å². The van der Waals surface area contributed by atoms with Gasteiger partial charge < -0.3 is 9.84 Å². The van der Waals surface area contributed by atoms with E-state index in [1.807, 2.05) is 30.3 Å². The lowest BCUT2D eigenvalue weighted by atomic mass is 9.95. The Balaban J connectivity index is 2.16. The Bertz CT molecular complexity index is 872. The lowest BCUT2D eigenvalue weighted by Gasteiger charge is -2.11. The molecular formula is C17H11NO3. The molecule has 1 N–H and O–H groups in total. The maximum Gasteiger partial charge on any atom is 0.357 e. The van der Waals surface area contributed by atoms with Crippen LogP contribution in [0.15, 0.2) is 48.5 Å². The third-order valence-electron chi connectivity index (χ3n) is 3.67. The first kappa shape index (κ1) is 11.9. The van der Waals surface area contributed by atoms with E-state index in [9.17, 15) is 9.90 Å². The zero-order chi connectivity index (χ0) is 14.4. The van der Waals surface area contributed by atoms with Gasteiger partial charge in [0.1, 0.15) is 12.4 Å². The van der Waals surface area contributed by atoms with Gasteiger partial charge in [-0.2, -0.15) is 0 Å². The van der Waals surface area contributed by atoms with E-state index < -0.39 is 5.97 Å². The van der Waals surface area contributed by atoms with Crippen LogP contribution in [0, 0.1) is 0 Å². The predicted octanol–water partition coefficient (Wildman–Crippen LogP) is 3.28. The van der Waals surface area contributed by atoms with Gasteiger partial charge in [0, 0.05) is 16.5 Å². The van der Waals surface area contributed by atoms with Crippen LogP contribution < -0.4 is 0 Å². The molecule has 0 saturated heterocycles. The minimum atomic E-state index is -0.392. The average Bonchev–Trinajstić information content (AvgIpc) is 2.87. The normalized spacial score (nSPS) is 13.2. The molecule has 4 rings (SSSR count). The number of cyclic esters (lactones) is 1. The molecule has 0 amide bonds. The fourth-order valence-corrected chi connectivity index (χ4v) is 2.74. The highest BCUT2D eigenvalue weighted by Gasteiger charge is 2.28. The van der Waals surface area contributed by atoms with E-state index in [1.165, 1.54) is 0 Å². The van der Waals surface area contributed by atoms with Gasteiger partial charge in [-0.05, 0) is 23.8 Å². The number of hydrogen-bond acceptors (Lipinski definition) is 4. The number of phenols is 1. The van der Waals surface area contributed by atoms with Gasteiger partial charge in [-0.1, -0.05) is 30.3 Å². The number of carbonyl (C=O) groups excluding carboxylic acids is 1. The molecule has 102 valence electrons. The van der Waals surface area contributed by atoms with Crippen molar-refractivity contribution >= 4 is 16.9 Å². The van der Waals surface area contributed by atoms with E-state index in [0.717, 1.165) is 22.1 Å². The molecule has 1 aliphatic rings. The predicted molar refractivity (Wildman–Crippen MR) is 78.0 cm³/mol. The van der Waals surface area contributed by atoms with Crippen LogP contribution in [0.2, 0.25) is 0 Å². The smallest absolute Gasteiger partial charge is 0.357 e. The quantitative estimate of drug-likeness (QED) is 0.693. The van der Waals surface area contributed by atoms with Gasteiger partial charge in [0.15, 0.2) is 5.69 Å². The molecule has 0 atom stereocenters. The maximum absolute atomic E-state index is 11.8. The number of nitrogens with zero attached hydrogens (tertiary/aromatic N) is 1. The summed E-state index contributed by atoms with van der Waals surface area (Å²) in [4.78, 5) is 16.2. The second-order valence-corrected chi connectivity index (χ2v) is 4.96. The molecule has 1 aliphatic heterocycles. The number of phenolic OH excluding ortho intramolecular Hbond substituents is 1. The number of carbonyl (C=O) groups is 1. The van der Waals surface area contributed by atoms with Crippen LogP contribution in [-0.4, -0.2) is 16.1 Å². The number of rotatable bonds is 1. The minimum Gasteiger partial charge on any atom is -0.508 e. The first-order valence-electron chi connectivity index (χ1n) is 6.62. The average molecular weight is 277 g/mol. The van der Waals surface area contributed by atoms with Crippen LogP contribution >= 0.6 is 0 Å². The zero-order valence-electron chi connectivity index (χ0n) is 11.0. The molecule has 0 spiro atoms. The molecule has 4 heteroatoms. The highest BCUT2D eigenvalue weighted by atomic mass is 16.5. The molecule has 1 aromatic heterocycles. The van der Waals surface area contributed by atoms with Crippen LogP contribution in [0.5, 0.6) is 5.75 Å². The highest BCUT2D eigenvalue weighted by molar-refractivity contribution is 6.04. The summed E-state index contributed by atoms with van der Waals surface area (Å²) in [5.74, 6) is -0.219. The fraction of sp³-hybridized carbons (Fsp3) is 0.0588. The maximum atomic E-state index is 11.8. The number of hydrogen-bond donors (Lipinski definition) is 1. The minimum absolute atomic E-state index is 0.173. The Kier molecular flexibility index (Phi) is 2.44. The molecule has 0 unspecified atom stereocenters. The molecule has 4 nitrogen and oxygen atoms in total. The first-order valence-corrected chi connectivity index (χ1v) is 6.62. The van der Waals surface area contributed by atoms with Crippen molar-refractivity contribution in [1.82, 2.24) is 4.98 Å². The van der Waals surface area contributed by atoms with Crippen molar-refractivity contribution in [2.75, 3.05) is 0 Å². The number of aromatic nitrogens is 1. The molecule has 2 aromatic carbocycles. The molecule has 0 saturated carbocycles. The first-order chi connectivity index (χ1) is 10.2. The summed E-state index contributed by atoms with van der Waals surface area (Å²) in [6.07, 6.45) is 0. The SMILES string of the molecule is O=C1OCc2c1nc1ccc(O)cc1c2-c1ccccc1. The fourth-order valence-electron chi connectivity index (χ4n) is 2.74. The summed E-state index contributed by atoms with van der Waals surface area (Å²) in [6, 6.07) is 14.7. The van der Waals surface area contributed by atoms with E-state index in [1.54, 1.807) is 18.2 Å². The summed E-state index contributed by atoms with van der Waals surface area (Å²) >= 11 is 0. The van der Waals surface area contributed by atoms with Gasteiger partial charge >= 0.3 is 5.97 Å². The van der Waals surface area contributed by atoms with Crippen LogP contribution in [0.4, 0.5) is 0 Å². The van der Waals surface area contributed by atoms with E-state index >= 15 is 0 Å². The second kappa shape index (κ2) is 4.31. The van der Waals surface area contributed by atoms with Crippen LogP contribution in [0.3, 0.4) is 0 Å². The second-order valence-electron chi connectivity index (χ2n) is 4.96. The van der Waals surface area contributed by atoms with Crippen molar-refractivity contribution in [3.05, 3.63) is 59.8 Å². The molecule has 21 heavy (non-hydrogen) atoms. The molecule has 3 aromatic rings. The third kappa shape index (κ3) is 1.76. The van der Waals surface area contributed by atoms with Crippen molar-refractivity contribution in [3.8, 4) is 16.9 Å². The third-order valence-corrected chi connectivity index (χ3v) is 3.67. The summed E-state index contributed by atoms with van der Waals surface area (Å²) in [6.45, 7) is 0.219. The molecule has 0 aliphatic carbocycles. The Morgan fingerprint density at radius 2 is 1.90 bits per heavy atom. The summed E-state index contributed by atoms with van der Waals surface area (Å²) in [5, 5.41) is 10.6. The van der Waals surface area contributed by atoms with Crippen LogP contribution in [0.25, 0.3) is 22.0 Å².